The number of benzene rings is 3. The van der Waals surface area contributed by atoms with Crippen LogP contribution in [0.5, 0.6) is 0 Å². The number of nitrogens with zero attached hydrogens (tertiary/aromatic N) is 2. The van der Waals surface area contributed by atoms with Gasteiger partial charge in [-0.15, -0.1) is 0 Å². The zero-order valence-electron chi connectivity index (χ0n) is 14.1. The van der Waals surface area contributed by atoms with E-state index in [1.807, 2.05) is 24.3 Å². The molecule has 0 N–H and O–H groups in total. The van der Waals surface area contributed by atoms with Gasteiger partial charge in [-0.05, 0) is 24.3 Å². The molecule has 0 amide bonds. The van der Waals surface area contributed by atoms with Gasteiger partial charge >= 0.3 is 0 Å². The Morgan fingerprint density at radius 1 is 0.385 bits per heavy atom. The van der Waals surface area contributed by atoms with Crippen LogP contribution < -0.4 is 0 Å². The van der Waals surface area contributed by atoms with Crippen molar-refractivity contribution in [3.63, 3.8) is 0 Å². The molecule has 2 nitrogen and oxygen atoms in total. The van der Waals surface area contributed by atoms with E-state index in [0.29, 0.717) is 0 Å². The van der Waals surface area contributed by atoms with Crippen LogP contribution in [0.2, 0.25) is 0 Å². The summed E-state index contributed by atoms with van der Waals surface area (Å²) in [7, 11) is 0. The molecule has 26 heavy (non-hydrogen) atoms. The molecule has 5 rings (SSSR count). The Morgan fingerprint density at radius 3 is 1.31 bits per heavy atom. The molecule has 0 unspecified atom stereocenters. The molecule has 5 aromatic rings. The van der Waals surface area contributed by atoms with Gasteiger partial charge in [-0.3, -0.25) is 0 Å². The maximum Gasteiger partial charge on any atom is 0.0716 e. The third kappa shape index (κ3) is 2.52. The normalized spacial score (nSPS) is 11.1. The second-order valence-electron chi connectivity index (χ2n) is 6.32. The molecule has 2 aromatic heterocycles. The second-order valence-corrected chi connectivity index (χ2v) is 6.32. The number of aromatic nitrogens is 2. The van der Waals surface area contributed by atoms with Crippen molar-refractivity contribution in [2.24, 2.45) is 0 Å². The van der Waals surface area contributed by atoms with E-state index in [4.69, 9.17) is 9.97 Å². The summed E-state index contributed by atoms with van der Waals surface area (Å²) in [4.78, 5) is 9.73. The highest BCUT2D eigenvalue weighted by molar-refractivity contribution is 5.88. The lowest BCUT2D eigenvalue weighted by Crippen LogP contribution is -1.91. The number of rotatable bonds is 2. The largest absolute Gasteiger partial charge is 0.248 e. The Morgan fingerprint density at radius 2 is 0.808 bits per heavy atom. The molecule has 0 aliphatic carbocycles. The van der Waals surface area contributed by atoms with Gasteiger partial charge in [0.1, 0.15) is 0 Å². The van der Waals surface area contributed by atoms with Gasteiger partial charge in [0.2, 0.25) is 0 Å². The summed E-state index contributed by atoms with van der Waals surface area (Å²) in [5, 5.41) is 2.30. The zero-order chi connectivity index (χ0) is 17.3. The Balaban J connectivity index is 1.70. The third-order valence-electron chi connectivity index (χ3n) is 4.68. The standard InChI is InChI=1S/C24H16N2/c1-5-11-21-17(7-1)13-15-23(25-21)19-9-3-4-10-20(19)24-16-14-18-8-2-6-12-22(18)26-24/h1-16H. The molecular formula is C24H16N2. The minimum Gasteiger partial charge on any atom is -0.248 e. The summed E-state index contributed by atoms with van der Waals surface area (Å²) in [6.07, 6.45) is 0. The monoisotopic (exact) mass is 332 g/mol. The highest BCUT2D eigenvalue weighted by Crippen LogP contribution is 2.31. The second kappa shape index (κ2) is 6.08. The van der Waals surface area contributed by atoms with Crippen LogP contribution in [0.25, 0.3) is 44.3 Å². The van der Waals surface area contributed by atoms with Gasteiger partial charge < -0.3 is 0 Å². The highest BCUT2D eigenvalue weighted by atomic mass is 14.7. The molecule has 0 fully saturated rings. The van der Waals surface area contributed by atoms with Crippen molar-refractivity contribution in [2.45, 2.75) is 0 Å². The molecule has 122 valence electrons. The molecule has 0 saturated heterocycles. The van der Waals surface area contributed by atoms with Crippen molar-refractivity contribution in [1.29, 1.82) is 0 Å². The summed E-state index contributed by atoms with van der Waals surface area (Å²) in [5.41, 5.74) is 6.14. The molecule has 2 heterocycles. The first-order valence-electron chi connectivity index (χ1n) is 8.70. The summed E-state index contributed by atoms with van der Waals surface area (Å²) < 4.78 is 0. The number of hydrogen-bond acceptors (Lipinski definition) is 2. The van der Waals surface area contributed by atoms with E-state index in [9.17, 15) is 0 Å². The molecule has 0 radical (unpaired) electrons. The van der Waals surface area contributed by atoms with Gasteiger partial charge in [0.05, 0.1) is 22.4 Å². The third-order valence-corrected chi connectivity index (χ3v) is 4.68. The lowest BCUT2D eigenvalue weighted by Gasteiger charge is -2.10. The SMILES string of the molecule is c1ccc(-c2ccc3ccccc3n2)c(-c2ccc3ccccc3n2)c1. The van der Waals surface area contributed by atoms with E-state index in [2.05, 4.69) is 72.8 Å². The summed E-state index contributed by atoms with van der Waals surface area (Å²) in [6.45, 7) is 0. The van der Waals surface area contributed by atoms with Crippen molar-refractivity contribution in [3.8, 4) is 22.5 Å². The first-order valence-corrected chi connectivity index (χ1v) is 8.70. The van der Waals surface area contributed by atoms with Gasteiger partial charge in [-0.1, -0.05) is 72.8 Å². The smallest absolute Gasteiger partial charge is 0.0716 e. The van der Waals surface area contributed by atoms with Crippen molar-refractivity contribution in [3.05, 3.63) is 97.1 Å². The average Bonchev–Trinajstić information content (AvgIpc) is 2.73. The van der Waals surface area contributed by atoms with E-state index >= 15 is 0 Å². The molecule has 0 atom stereocenters. The minimum absolute atomic E-state index is 0.967. The van der Waals surface area contributed by atoms with Crippen LogP contribution in [-0.4, -0.2) is 9.97 Å². The summed E-state index contributed by atoms with van der Waals surface area (Å²) in [6, 6.07) is 33.2. The zero-order valence-corrected chi connectivity index (χ0v) is 14.1. The molecule has 0 bridgehead atoms. The number of fused-ring (bicyclic) bond motifs is 2. The van der Waals surface area contributed by atoms with Crippen LogP contribution >= 0.6 is 0 Å². The van der Waals surface area contributed by atoms with E-state index in [0.717, 1.165) is 44.3 Å². The van der Waals surface area contributed by atoms with Gasteiger partial charge in [0, 0.05) is 21.9 Å². The van der Waals surface area contributed by atoms with E-state index in [1.54, 1.807) is 0 Å². The van der Waals surface area contributed by atoms with Crippen molar-refractivity contribution in [1.82, 2.24) is 9.97 Å². The maximum atomic E-state index is 4.87. The molecule has 0 aliphatic rings. The molecule has 0 spiro atoms. The first kappa shape index (κ1) is 14.8. The fraction of sp³-hybridized carbons (Fsp3) is 0. The van der Waals surface area contributed by atoms with E-state index < -0.39 is 0 Å². The van der Waals surface area contributed by atoms with Crippen molar-refractivity contribution >= 4 is 21.8 Å². The summed E-state index contributed by atoms with van der Waals surface area (Å²) >= 11 is 0. The maximum absolute atomic E-state index is 4.87. The lowest BCUT2D eigenvalue weighted by molar-refractivity contribution is 1.37. The van der Waals surface area contributed by atoms with Crippen LogP contribution in [0, 0.1) is 0 Å². The Bertz CT molecular complexity index is 1140. The molecule has 2 heteroatoms. The van der Waals surface area contributed by atoms with Gasteiger partial charge in [-0.25, -0.2) is 9.97 Å². The predicted molar refractivity (Wildman–Crippen MR) is 108 cm³/mol. The lowest BCUT2D eigenvalue weighted by atomic mass is 9.99. The fourth-order valence-corrected chi connectivity index (χ4v) is 3.36. The molecule has 3 aromatic carbocycles. The average molecular weight is 332 g/mol. The quantitative estimate of drug-likeness (QED) is 0.389. The molecule has 0 saturated carbocycles. The van der Waals surface area contributed by atoms with Gasteiger partial charge in [0.15, 0.2) is 0 Å². The van der Waals surface area contributed by atoms with E-state index in [-0.39, 0.29) is 0 Å². The fourth-order valence-electron chi connectivity index (χ4n) is 3.36. The van der Waals surface area contributed by atoms with Crippen LogP contribution in [0.15, 0.2) is 97.1 Å². The Hall–Kier alpha value is -3.52. The van der Waals surface area contributed by atoms with Crippen LogP contribution in [0.3, 0.4) is 0 Å². The predicted octanol–water partition coefficient (Wildman–Crippen LogP) is 6.12. The van der Waals surface area contributed by atoms with Crippen molar-refractivity contribution < 1.29 is 0 Å². The van der Waals surface area contributed by atoms with E-state index in [1.165, 1.54) is 0 Å². The Kier molecular flexibility index (Phi) is 3.46. The molecular weight excluding hydrogens is 316 g/mol. The van der Waals surface area contributed by atoms with Gasteiger partial charge in [-0.2, -0.15) is 0 Å². The number of para-hydroxylation sites is 2. The van der Waals surface area contributed by atoms with Crippen LogP contribution in [0.1, 0.15) is 0 Å². The van der Waals surface area contributed by atoms with Crippen LogP contribution in [-0.2, 0) is 0 Å². The summed E-state index contributed by atoms with van der Waals surface area (Å²) in [5.74, 6) is 0. The van der Waals surface area contributed by atoms with Gasteiger partial charge in [0.25, 0.3) is 0 Å². The topological polar surface area (TPSA) is 25.8 Å². The minimum atomic E-state index is 0.967. The number of pyridine rings is 2. The molecule has 0 aliphatic heterocycles. The highest BCUT2D eigenvalue weighted by Gasteiger charge is 2.10. The van der Waals surface area contributed by atoms with Crippen molar-refractivity contribution in [2.75, 3.05) is 0 Å². The Labute approximate surface area is 151 Å². The van der Waals surface area contributed by atoms with Crippen LogP contribution in [0.4, 0.5) is 0 Å². The number of hydrogen-bond donors (Lipinski definition) is 0. The first-order chi connectivity index (χ1) is 12.9.